The van der Waals surface area contributed by atoms with Crippen molar-refractivity contribution in [1.82, 2.24) is 4.98 Å². The van der Waals surface area contributed by atoms with Gasteiger partial charge in [-0.05, 0) is 42.5 Å². The molecule has 2 aromatic carbocycles. The maximum Gasteiger partial charge on any atom is 0.159 e. The van der Waals surface area contributed by atoms with E-state index < -0.39 is 0 Å². The van der Waals surface area contributed by atoms with Crippen molar-refractivity contribution in [2.24, 2.45) is 0 Å². The molecule has 2 nitrogen and oxygen atoms in total. The smallest absolute Gasteiger partial charge is 0.159 e. The minimum atomic E-state index is 0.817. The van der Waals surface area contributed by atoms with Crippen LogP contribution in [0.2, 0.25) is 0 Å². The van der Waals surface area contributed by atoms with E-state index in [9.17, 15) is 0 Å². The standard InChI is InChI=1S/C13H10N2S2/c16-13-15-11-8-10(6-7-12(11)17-13)14-9-4-2-1-3-5-9/h1-8,14H,(H,15,16). The molecule has 1 aromatic heterocycles. The molecule has 17 heavy (non-hydrogen) atoms. The Hall–Kier alpha value is -1.65. The SMILES string of the molecule is S=c1[nH]c2cc(Nc3ccccc3)ccc2s1. The van der Waals surface area contributed by atoms with Gasteiger partial charge in [-0.15, -0.1) is 11.3 Å². The Balaban J connectivity index is 1.98. The molecular formula is C13H10N2S2. The molecule has 84 valence electrons. The Morgan fingerprint density at radius 2 is 1.82 bits per heavy atom. The molecule has 0 aliphatic heterocycles. The molecule has 0 aliphatic carbocycles. The first-order chi connectivity index (χ1) is 8.31. The molecule has 0 bridgehead atoms. The summed E-state index contributed by atoms with van der Waals surface area (Å²) in [6, 6.07) is 16.3. The van der Waals surface area contributed by atoms with Crippen molar-refractivity contribution in [2.75, 3.05) is 5.32 Å². The van der Waals surface area contributed by atoms with Crippen LogP contribution in [0.15, 0.2) is 48.5 Å². The monoisotopic (exact) mass is 258 g/mol. The van der Waals surface area contributed by atoms with Gasteiger partial charge in [0.25, 0.3) is 0 Å². The Bertz CT molecular complexity index is 698. The Kier molecular flexibility index (Phi) is 2.66. The quantitative estimate of drug-likeness (QED) is 0.652. The van der Waals surface area contributed by atoms with Crippen molar-refractivity contribution in [3.05, 3.63) is 52.5 Å². The number of aromatic amines is 1. The van der Waals surface area contributed by atoms with Gasteiger partial charge in [-0.25, -0.2) is 0 Å². The number of aromatic nitrogens is 1. The summed E-state index contributed by atoms with van der Waals surface area (Å²) >= 11 is 6.73. The zero-order valence-electron chi connectivity index (χ0n) is 8.94. The summed E-state index contributed by atoms with van der Waals surface area (Å²) in [5, 5.41) is 3.36. The predicted molar refractivity (Wildman–Crippen MR) is 76.7 cm³/mol. The minimum absolute atomic E-state index is 0.817. The van der Waals surface area contributed by atoms with Crippen molar-refractivity contribution in [1.29, 1.82) is 0 Å². The van der Waals surface area contributed by atoms with E-state index in [0.717, 1.165) is 20.8 Å². The van der Waals surface area contributed by atoms with E-state index in [1.807, 2.05) is 30.3 Å². The highest BCUT2D eigenvalue weighted by Crippen LogP contribution is 2.24. The van der Waals surface area contributed by atoms with E-state index in [0.29, 0.717) is 0 Å². The Labute approximate surface area is 108 Å². The van der Waals surface area contributed by atoms with E-state index in [-0.39, 0.29) is 0 Å². The third-order valence-corrected chi connectivity index (χ3v) is 3.70. The Morgan fingerprint density at radius 1 is 1.00 bits per heavy atom. The molecule has 0 radical (unpaired) electrons. The molecule has 2 N–H and O–H groups in total. The fourth-order valence-electron chi connectivity index (χ4n) is 1.72. The van der Waals surface area contributed by atoms with Crippen LogP contribution in [0, 0.1) is 3.95 Å². The summed E-state index contributed by atoms with van der Waals surface area (Å²) in [7, 11) is 0. The molecular weight excluding hydrogens is 248 g/mol. The van der Waals surface area contributed by atoms with Crippen molar-refractivity contribution < 1.29 is 0 Å². The van der Waals surface area contributed by atoms with Gasteiger partial charge < -0.3 is 10.3 Å². The van der Waals surface area contributed by atoms with Gasteiger partial charge >= 0.3 is 0 Å². The van der Waals surface area contributed by atoms with Crippen LogP contribution in [0.5, 0.6) is 0 Å². The van der Waals surface area contributed by atoms with E-state index in [1.165, 1.54) is 4.70 Å². The number of rotatable bonds is 2. The molecule has 1 heterocycles. The van der Waals surface area contributed by atoms with Crippen LogP contribution < -0.4 is 5.32 Å². The van der Waals surface area contributed by atoms with Crippen LogP contribution in [0.4, 0.5) is 11.4 Å². The third-order valence-electron chi connectivity index (χ3n) is 2.48. The van der Waals surface area contributed by atoms with E-state index in [2.05, 4.69) is 28.5 Å². The molecule has 0 aliphatic rings. The zero-order valence-corrected chi connectivity index (χ0v) is 10.6. The second kappa shape index (κ2) is 4.31. The maximum atomic E-state index is 5.13. The van der Waals surface area contributed by atoms with Crippen LogP contribution in [-0.2, 0) is 0 Å². The number of hydrogen-bond donors (Lipinski definition) is 2. The van der Waals surface area contributed by atoms with E-state index in [1.54, 1.807) is 11.3 Å². The molecule has 3 aromatic rings. The van der Waals surface area contributed by atoms with Crippen molar-refractivity contribution in [3.8, 4) is 0 Å². The van der Waals surface area contributed by atoms with Crippen LogP contribution in [0.1, 0.15) is 0 Å². The Morgan fingerprint density at radius 3 is 2.65 bits per heavy atom. The summed E-state index contributed by atoms with van der Waals surface area (Å²) in [6.07, 6.45) is 0. The molecule has 0 fully saturated rings. The van der Waals surface area contributed by atoms with Gasteiger partial charge in [0.05, 0.1) is 10.2 Å². The first-order valence-electron chi connectivity index (χ1n) is 5.26. The lowest BCUT2D eigenvalue weighted by atomic mass is 10.2. The lowest BCUT2D eigenvalue weighted by molar-refractivity contribution is 1.46. The van der Waals surface area contributed by atoms with Crippen molar-refractivity contribution in [2.45, 2.75) is 0 Å². The van der Waals surface area contributed by atoms with Gasteiger partial charge in [0.2, 0.25) is 0 Å². The third kappa shape index (κ3) is 2.23. The molecule has 0 spiro atoms. The fraction of sp³-hybridized carbons (Fsp3) is 0. The summed E-state index contributed by atoms with van der Waals surface area (Å²) in [6.45, 7) is 0. The van der Waals surface area contributed by atoms with Gasteiger partial charge in [0.1, 0.15) is 0 Å². The highest BCUT2D eigenvalue weighted by Gasteiger charge is 1.99. The number of thiazole rings is 1. The largest absolute Gasteiger partial charge is 0.355 e. The lowest BCUT2D eigenvalue weighted by Gasteiger charge is -2.05. The zero-order chi connectivity index (χ0) is 11.7. The van der Waals surface area contributed by atoms with Gasteiger partial charge in [-0.1, -0.05) is 18.2 Å². The van der Waals surface area contributed by atoms with Crippen LogP contribution in [0.25, 0.3) is 10.2 Å². The summed E-state index contributed by atoms with van der Waals surface area (Å²) in [5.74, 6) is 0. The summed E-state index contributed by atoms with van der Waals surface area (Å²) < 4.78 is 2.01. The molecule has 0 amide bonds. The number of benzene rings is 2. The predicted octanol–water partition coefficient (Wildman–Crippen LogP) is 4.70. The normalized spacial score (nSPS) is 10.6. The number of fused-ring (bicyclic) bond motifs is 1. The summed E-state index contributed by atoms with van der Waals surface area (Å²) in [4.78, 5) is 3.18. The summed E-state index contributed by atoms with van der Waals surface area (Å²) in [5.41, 5.74) is 3.23. The van der Waals surface area contributed by atoms with Crippen LogP contribution in [-0.4, -0.2) is 4.98 Å². The average Bonchev–Trinajstić information content (AvgIpc) is 2.70. The topological polar surface area (TPSA) is 27.8 Å². The number of nitrogens with one attached hydrogen (secondary N) is 2. The first-order valence-corrected chi connectivity index (χ1v) is 6.49. The van der Waals surface area contributed by atoms with Crippen LogP contribution >= 0.6 is 23.6 Å². The molecule has 0 saturated heterocycles. The number of para-hydroxylation sites is 1. The molecule has 0 saturated carbocycles. The second-order valence-electron chi connectivity index (χ2n) is 3.72. The number of hydrogen-bond acceptors (Lipinski definition) is 3. The number of anilines is 2. The number of H-pyrrole nitrogens is 1. The minimum Gasteiger partial charge on any atom is -0.355 e. The molecule has 0 atom stereocenters. The second-order valence-corrected chi connectivity index (χ2v) is 5.44. The van der Waals surface area contributed by atoms with Gasteiger partial charge in [0, 0.05) is 11.4 Å². The van der Waals surface area contributed by atoms with Crippen molar-refractivity contribution >= 4 is 45.1 Å². The molecule has 3 rings (SSSR count). The highest BCUT2D eigenvalue weighted by molar-refractivity contribution is 7.73. The fourth-order valence-corrected chi connectivity index (χ4v) is 2.81. The first kappa shape index (κ1) is 10.5. The molecule has 4 heteroatoms. The lowest BCUT2D eigenvalue weighted by Crippen LogP contribution is -1.88. The maximum absolute atomic E-state index is 5.13. The molecule has 0 unspecified atom stereocenters. The van der Waals surface area contributed by atoms with E-state index >= 15 is 0 Å². The van der Waals surface area contributed by atoms with E-state index in [4.69, 9.17) is 12.2 Å². The highest BCUT2D eigenvalue weighted by atomic mass is 32.1. The van der Waals surface area contributed by atoms with Crippen molar-refractivity contribution in [3.63, 3.8) is 0 Å². The van der Waals surface area contributed by atoms with Crippen LogP contribution in [0.3, 0.4) is 0 Å². The average molecular weight is 258 g/mol. The van der Waals surface area contributed by atoms with Gasteiger partial charge in [-0.3, -0.25) is 0 Å². The van der Waals surface area contributed by atoms with Gasteiger partial charge in [0.15, 0.2) is 3.95 Å². The van der Waals surface area contributed by atoms with Gasteiger partial charge in [-0.2, -0.15) is 0 Å².